The normalized spacial score (nSPS) is 12.5. The molecule has 8 nitrogen and oxygen atoms in total. The number of carbonyl (C=O) groups is 2. The minimum absolute atomic E-state index is 0.0690. The highest BCUT2D eigenvalue weighted by atomic mass is 35.5. The van der Waals surface area contributed by atoms with Crippen molar-refractivity contribution in [3.8, 4) is 0 Å². The molecule has 0 saturated carbocycles. The maximum absolute atomic E-state index is 13.0. The summed E-state index contributed by atoms with van der Waals surface area (Å²) < 4.78 is 43.4. The number of sulfonamides is 1. The van der Waals surface area contributed by atoms with Crippen molar-refractivity contribution in [3.63, 3.8) is 0 Å². The number of halogens is 2. The number of anilines is 1. The standard InChI is InChI=1S/C17H17ClFN3O5S/c1-11(17(24)21-14-4-3-9-20-16(14)18)27-15(23)10-22(2)28(25,26)13-7-5-12(19)6-8-13/h3-9,11H,10H2,1-2H3,(H,21,24). The van der Waals surface area contributed by atoms with Gasteiger partial charge < -0.3 is 10.1 Å². The van der Waals surface area contributed by atoms with Gasteiger partial charge in [-0.3, -0.25) is 9.59 Å². The van der Waals surface area contributed by atoms with Crippen LogP contribution in [0.4, 0.5) is 10.1 Å². The Hall–Kier alpha value is -2.56. The molecular weight excluding hydrogens is 413 g/mol. The molecule has 2 aromatic rings. The van der Waals surface area contributed by atoms with Crippen LogP contribution >= 0.6 is 11.6 Å². The largest absolute Gasteiger partial charge is 0.452 e. The SMILES string of the molecule is CC(OC(=O)CN(C)S(=O)(=O)c1ccc(F)cc1)C(=O)Nc1cccnc1Cl. The van der Waals surface area contributed by atoms with E-state index in [-0.39, 0.29) is 15.7 Å². The lowest BCUT2D eigenvalue weighted by Crippen LogP contribution is -2.37. The van der Waals surface area contributed by atoms with Gasteiger partial charge in [-0.15, -0.1) is 0 Å². The molecule has 0 aliphatic rings. The lowest BCUT2D eigenvalue weighted by molar-refractivity contribution is -0.153. The van der Waals surface area contributed by atoms with Gasteiger partial charge >= 0.3 is 5.97 Å². The first kappa shape index (κ1) is 21.7. The van der Waals surface area contributed by atoms with Crippen molar-refractivity contribution in [3.05, 3.63) is 53.6 Å². The highest BCUT2D eigenvalue weighted by molar-refractivity contribution is 7.89. The number of amides is 1. The number of esters is 1. The molecule has 0 saturated heterocycles. The smallest absolute Gasteiger partial charge is 0.322 e. The fourth-order valence-electron chi connectivity index (χ4n) is 2.05. The Morgan fingerprint density at radius 2 is 1.93 bits per heavy atom. The van der Waals surface area contributed by atoms with Crippen molar-refractivity contribution < 1.29 is 27.1 Å². The van der Waals surface area contributed by atoms with E-state index in [1.165, 1.54) is 26.2 Å². The average Bonchev–Trinajstić information content (AvgIpc) is 2.63. The first-order valence-electron chi connectivity index (χ1n) is 7.94. The molecular formula is C17H17ClFN3O5S. The third kappa shape index (κ3) is 5.47. The predicted octanol–water partition coefficient (Wildman–Crippen LogP) is 2.06. The van der Waals surface area contributed by atoms with Crippen LogP contribution in [0.5, 0.6) is 0 Å². The summed E-state index contributed by atoms with van der Waals surface area (Å²) in [7, 11) is -2.85. The van der Waals surface area contributed by atoms with Crippen LogP contribution in [-0.2, 0) is 24.3 Å². The maximum atomic E-state index is 13.0. The predicted molar refractivity (Wildman–Crippen MR) is 99.6 cm³/mol. The molecule has 0 spiro atoms. The Morgan fingerprint density at radius 1 is 1.29 bits per heavy atom. The zero-order valence-corrected chi connectivity index (χ0v) is 16.5. The Kier molecular flexibility index (Phi) is 7.05. The van der Waals surface area contributed by atoms with Gasteiger partial charge in [0, 0.05) is 13.2 Å². The summed E-state index contributed by atoms with van der Waals surface area (Å²) in [5.74, 6) is -2.19. The van der Waals surface area contributed by atoms with E-state index >= 15 is 0 Å². The van der Waals surface area contributed by atoms with Gasteiger partial charge in [-0.2, -0.15) is 4.31 Å². The van der Waals surface area contributed by atoms with Crippen LogP contribution in [0.2, 0.25) is 5.15 Å². The van der Waals surface area contributed by atoms with Gasteiger partial charge in [0.25, 0.3) is 5.91 Å². The van der Waals surface area contributed by atoms with Gasteiger partial charge in [-0.1, -0.05) is 11.6 Å². The van der Waals surface area contributed by atoms with Crippen LogP contribution in [0.15, 0.2) is 47.5 Å². The van der Waals surface area contributed by atoms with E-state index < -0.39 is 40.4 Å². The van der Waals surface area contributed by atoms with E-state index in [0.29, 0.717) is 0 Å². The average molecular weight is 430 g/mol. The summed E-state index contributed by atoms with van der Waals surface area (Å²) in [5, 5.41) is 2.52. The van der Waals surface area contributed by atoms with Gasteiger partial charge in [0.05, 0.1) is 10.6 Å². The quantitative estimate of drug-likeness (QED) is 0.533. The molecule has 1 N–H and O–H groups in total. The number of hydrogen-bond acceptors (Lipinski definition) is 6. The first-order valence-corrected chi connectivity index (χ1v) is 9.76. The third-order valence-electron chi connectivity index (χ3n) is 3.57. The number of carbonyl (C=O) groups excluding carboxylic acids is 2. The first-order chi connectivity index (χ1) is 13.1. The second-order valence-electron chi connectivity index (χ2n) is 5.68. The van der Waals surface area contributed by atoms with Crippen molar-refractivity contribution in [1.29, 1.82) is 0 Å². The molecule has 0 aliphatic heterocycles. The topological polar surface area (TPSA) is 106 Å². The maximum Gasteiger partial charge on any atom is 0.322 e. The Labute approximate surface area is 166 Å². The summed E-state index contributed by atoms with van der Waals surface area (Å²) in [6.07, 6.45) is 0.240. The van der Waals surface area contributed by atoms with Crippen LogP contribution in [0.1, 0.15) is 6.92 Å². The summed E-state index contributed by atoms with van der Waals surface area (Å²) in [4.78, 5) is 27.7. The number of nitrogens with zero attached hydrogens (tertiary/aromatic N) is 2. The van der Waals surface area contributed by atoms with Gasteiger partial charge in [-0.25, -0.2) is 17.8 Å². The van der Waals surface area contributed by atoms with Crippen LogP contribution in [0, 0.1) is 5.82 Å². The van der Waals surface area contributed by atoms with Crippen LogP contribution in [-0.4, -0.2) is 49.3 Å². The number of ether oxygens (including phenoxy) is 1. The lowest BCUT2D eigenvalue weighted by atomic mass is 10.3. The number of nitrogens with one attached hydrogen (secondary N) is 1. The number of aromatic nitrogens is 1. The fourth-order valence-corrected chi connectivity index (χ4v) is 3.34. The van der Waals surface area contributed by atoms with Crippen molar-refractivity contribution >= 4 is 39.2 Å². The molecule has 0 radical (unpaired) electrons. The molecule has 0 aliphatic carbocycles. The van der Waals surface area contributed by atoms with E-state index in [1.807, 2.05) is 0 Å². The van der Waals surface area contributed by atoms with Gasteiger partial charge in [0.15, 0.2) is 11.3 Å². The highest BCUT2D eigenvalue weighted by Crippen LogP contribution is 2.18. The van der Waals surface area contributed by atoms with Crippen LogP contribution in [0.3, 0.4) is 0 Å². The number of rotatable bonds is 7. The molecule has 1 aromatic carbocycles. The zero-order chi connectivity index (χ0) is 20.9. The summed E-state index contributed by atoms with van der Waals surface area (Å²) in [6.45, 7) is 0.691. The molecule has 1 heterocycles. The molecule has 0 fully saturated rings. The molecule has 11 heteroatoms. The Balaban J connectivity index is 1.95. The number of benzene rings is 1. The van der Waals surface area contributed by atoms with Gasteiger partial charge in [-0.05, 0) is 43.3 Å². The van der Waals surface area contributed by atoms with Gasteiger partial charge in [0.2, 0.25) is 10.0 Å². The molecule has 1 aromatic heterocycles. The van der Waals surface area contributed by atoms with E-state index in [4.69, 9.17) is 16.3 Å². The minimum Gasteiger partial charge on any atom is -0.452 e. The molecule has 2 rings (SSSR count). The van der Waals surface area contributed by atoms with Crippen LogP contribution in [0.25, 0.3) is 0 Å². The minimum atomic E-state index is -4.02. The third-order valence-corrected chi connectivity index (χ3v) is 5.69. The lowest BCUT2D eigenvalue weighted by Gasteiger charge is -2.18. The number of pyridine rings is 1. The molecule has 1 atom stereocenters. The summed E-state index contributed by atoms with van der Waals surface area (Å²) >= 11 is 5.84. The number of hydrogen-bond donors (Lipinski definition) is 1. The van der Waals surface area contributed by atoms with Crippen molar-refractivity contribution in [2.75, 3.05) is 18.9 Å². The summed E-state index contributed by atoms with van der Waals surface area (Å²) in [5.41, 5.74) is 0.244. The van der Waals surface area contributed by atoms with E-state index in [9.17, 15) is 22.4 Å². The fraction of sp³-hybridized carbons (Fsp3) is 0.235. The Morgan fingerprint density at radius 3 is 2.54 bits per heavy atom. The monoisotopic (exact) mass is 429 g/mol. The second kappa shape index (κ2) is 9.09. The van der Waals surface area contributed by atoms with E-state index in [2.05, 4.69) is 10.3 Å². The van der Waals surface area contributed by atoms with Crippen molar-refractivity contribution in [2.24, 2.45) is 0 Å². The summed E-state index contributed by atoms with van der Waals surface area (Å²) in [6, 6.07) is 7.24. The molecule has 150 valence electrons. The number of likely N-dealkylation sites (N-methyl/N-ethyl adjacent to an activating group) is 1. The van der Waals surface area contributed by atoms with Gasteiger partial charge in [0.1, 0.15) is 12.4 Å². The molecule has 28 heavy (non-hydrogen) atoms. The van der Waals surface area contributed by atoms with Crippen molar-refractivity contribution in [2.45, 2.75) is 17.9 Å². The Bertz CT molecular complexity index is 969. The van der Waals surface area contributed by atoms with Crippen molar-refractivity contribution in [1.82, 2.24) is 9.29 Å². The van der Waals surface area contributed by atoms with Crippen LogP contribution < -0.4 is 5.32 Å². The second-order valence-corrected chi connectivity index (χ2v) is 8.08. The zero-order valence-electron chi connectivity index (χ0n) is 14.9. The molecule has 1 unspecified atom stereocenters. The molecule has 0 bridgehead atoms. The highest BCUT2D eigenvalue weighted by Gasteiger charge is 2.26. The van der Waals surface area contributed by atoms with E-state index in [0.717, 1.165) is 28.6 Å². The van der Waals surface area contributed by atoms with E-state index in [1.54, 1.807) is 6.07 Å². The molecule has 1 amide bonds.